The van der Waals surface area contributed by atoms with Crippen molar-refractivity contribution in [3.8, 4) is 11.5 Å². The van der Waals surface area contributed by atoms with E-state index in [1.54, 1.807) is 12.1 Å². The number of furan rings is 1. The van der Waals surface area contributed by atoms with Gasteiger partial charge in [0, 0.05) is 12.1 Å². The quantitative estimate of drug-likeness (QED) is 0.729. The van der Waals surface area contributed by atoms with Crippen LogP contribution in [0, 0.1) is 0 Å². The molecular formula is C17H19N3O5. The molecule has 2 aromatic rings. The second-order valence-corrected chi connectivity index (χ2v) is 5.33. The van der Waals surface area contributed by atoms with E-state index in [4.69, 9.17) is 13.9 Å². The van der Waals surface area contributed by atoms with Crippen LogP contribution in [0.2, 0.25) is 0 Å². The topological polar surface area (TPSA) is 102 Å². The molecule has 8 nitrogen and oxygen atoms in total. The number of para-hydroxylation sites is 1. The molecule has 0 radical (unpaired) electrons. The van der Waals surface area contributed by atoms with Gasteiger partial charge in [0.05, 0.1) is 19.4 Å². The summed E-state index contributed by atoms with van der Waals surface area (Å²) in [6, 6.07) is 8.57. The number of amides is 3. The number of carbonyl (C=O) groups is 2. The summed E-state index contributed by atoms with van der Waals surface area (Å²) in [5.41, 5.74) is 0.827. The van der Waals surface area contributed by atoms with Crippen LogP contribution >= 0.6 is 0 Å². The highest BCUT2D eigenvalue weighted by molar-refractivity contribution is 5.83. The first kappa shape index (κ1) is 16.7. The Kier molecular flexibility index (Phi) is 5.40. The van der Waals surface area contributed by atoms with Gasteiger partial charge in [-0.1, -0.05) is 12.1 Å². The van der Waals surface area contributed by atoms with Crippen LogP contribution in [0.4, 0.5) is 4.79 Å². The van der Waals surface area contributed by atoms with E-state index in [0.717, 1.165) is 5.56 Å². The zero-order valence-corrected chi connectivity index (χ0v) is 13.5. The average Bonchev–Trinajstić information content (AvgIpc) is 3.16. The zero-order valence-electron chi connectivity index (χ0n) is 13.5. The summed E-state index contributed by atoms with van der Waals surface area (Å²) >= 11 is 0. The van der Waals surface area contributed by atoms with Crippen molar-refractivity contribution in [3.05, 3.63) is 47.9 Å². The van der Waals surface area contributed by atoms with Gasteiger partial charge in [0.2, 0.25) is 5.91 Å². The first-order chi connectivity index (χ1) is 12.2. The number of benzene rings is 1. The highest BCUT2D eigenvalue weighted by Crippen LogP contribution is 2.33. The SMILES string of the molecule is O=C(CNC(=O)NCc1ccco1)NCc1cccc2c1OCCO2. The van der Waals surface area contributed by atoms with Crippen molar-refractivity contribution in [2.75, 3.05) is 19.8 Å². The van der Waals surface area contributed by atoms with Crippen LogP contribution in [0.25, 0.3) is 0 Å². The summed E-state index contributed by atoms with van der Waals surface area (Å²) in [5.74, 6) is 1.66. The molecule has 3 rings (SSSR count). The van der Waals surface area contributed by atoms with Gasteiger partial charge in [0.15, 0.2) is 11.5 Å². The molecular weight excluding hydrogens is 326 g/mol. The molecule has 0 spiro atoms. The Labute approximate surface area is 144 Å². The third-order valence-electron chi connectivity index (χ3n) is 3.54. The summed E-state index contributed by atoms with van der Waals surface area (Å²) in [6.45, 7) is 1.42. The third kappa shape index (κ3) is 4.66. The van der Waals surface area contributed by atoms with E-state index < -0.39 is 6.03 Å². The van der Waals surface area contributed by atoms with Crippen molar-refractivity contribution in [1.82, 2.24) is 16.0 Å². The van der Waals surface area contributed by atoms with Gasteiger partial charge in [-0.2, -0.15) is 0 Å². The Balaban J connectivity index is 1.40. The summed E-state index contributed by atoms with van der Waals surface area (Å²) < 4.78 is 16.2. The van der Waals surface area contributed by atoms with Gasteiger partial charge in [-0.3, -0.25) is 4.79 Å². The predicted molar refractivity (Wildman–Crippen MR) is 88.2 cm³/mol. The maximum atomic E-state index is 11.9. The number of fused-ring (bicyclic) bond motifs is 1. The van der Waals surface area contributed by atoms with Crippen LogP contribution in [0.1, 0.15) is 11.3 Å². The molecule has 0 saturated heterocycles. The van der Waals surface area contributed by atoms with E-state index in [1.807, 2.05) is 18.2 Å². The van der Waals surface area contributed by atoms with E-state index in [1.165, 1.54) is 6.26 Å². The summed E-state index contributed by atoms with van der Waals surface area (Å²) in [7, 11) is 0. The molecule has 132 valence electrons. The number of ether oxygens (including phenoxy) is 2. The molecule has 2 heterocycles. The highest BCUT2D eigenvalue weighted by Gasteiger charge is 2.16. The van der Waals surface area contributed by atoms with Gasteiger partial charge in [0.25, 0.3) is 0 Å². The van der Waals surface area contributed by atoms with E-state index in [2.05, 4.69) is 16.0 Å². The summed E-state index contributed by atoms with van der Waals surface area (Å²) in [6.07, 6.45) is 1.53. The Morgan fingerprint density at radius 3 is 2.68 bits per heavy atom. The fourth-order valence-electron chi connectivity index (χ4n) is 2.33. The fraction of sp³-hybridized carbons (Fsp3) is 0.294. The number of rotatable bonds is 6. The highest BCUT2D eigenvalue weighted by atomic mass is 16.6. The average molecular weight is 345 g/mol. The lowest BCUT2D eigenvalue weighted by Gasteiger charge is -2.21. The molecule has 1 aliphatic heterocycles. The normalized spacial score (nSPS) is 12.3. The number of hydrogen-bond donors (Lipinski definition) is 3. The Bertz CT molecular complexity index is 730. The second kappa shape index (κ2) is 8.09. The van der Waals surface area contributed by atoms with Crippen molar-refractivity contribution in [1.29, 1.82) is 0 Å². The van der Waals surface area contributed by atoms with Crippen molar-refractivity contribution in [2.24, 2.45) is 0 Å². The van der Waals surface area contributed by atoms with Gasteiger partial charge in [0.1, 0.15) is 19.0 Å². The molecule has 8 heteroatoms. The Morgan fingerprint density at radius 1 is 0.960 bits per heavy atom. The van der Waals surface area contributed by atoms with Crippen molar-refractivity contribution in [3.63, 3.8) is 0 Å². The zero-order chi connectivity index (χ0) is 17.5. The van der Waals surface area contributed by atoms with Crippen molar-refractivity contribution in [2.45, 2.75) is 13.1 Å². The lowest BCUT2D eigenvalue weighted by Crippen LogP contribution is -2.41. The predicted octanol–water partition coefficient (Wildman–Crippen LogP) is 1.17. The minimum absolute atomic E-state index is 0.129. The minimum atomic E-state index is -0.444. The molecule has 0 aliphatic carbocycles. The molecule has 0 bridgehead atoms. The number of hydrogen-bond acceptors (Lipinski definition) is 5. The molecule has 1 aliphatic rings. The molecule has 1 aromatic heterocycles. The van der Waals surface area contributed by atoms with Crippen molar-refractivity contribution < 1.29 is 23.5 Å². The van der Waals surface area contributed by atoms with Gasteiger partial charge in [-0.15, -0.1) is 0 Å². The number of urea groups is 1. The molecule has 0 atom stereocenters. The smallest absolute Gasteiger partial charge is 0.315 e. The monoisotopic (exact) mass is 345 g/mol. The molecule has 0 saturated carbocycles. The largest absolute Gasteiger partial charge is 0.486 e. The molecule has 3 N–H and O–H groups in total. The number of nitrogens with one attached hydrogen (secondary N) is 3. The van der Waals surface area contributed by atoms with Gasteiger partial charge in [-0.25, -0.2) is 4.79 Å². The van der Waals surface area contributed by atoms with Crippen molar-refractivity contribution >= 4 is 11.9 Å². The second-order valence-electron chi connectivity index (χ2n) is 5.33. The van der Waals surface area contributed by atoms with Crippen LogP contribution in [0.15, 0.2) is 41.0 Å². The fourth-order valence-corrected chi connectivity index (χ4v) is 2.33. The van der Waals surface area contributed by atoms with Crippen LogP contribution in [0.3, 0.4) is 0 Å². The van der Waals surface area contributed by atoms with Crippen LogP contribution < -0.4 is 25.4 Å². The van der Waals surface area contributed by atoms with E-state index in [-0.39, 0.29) is 19.0 Å². The van der Waals surface area contributed by atoms with Gasteiger partial charge in [-0.05, 0) is 18.2 Å². The van der Waals surface area contributed by atoms with E-state index in [9.17, 15) is 9.59 Å². The molecule has 1 aromatic carbocycles. The maximum absolute atomic E-state index is 11.9. The first-order valence-electron chi connectivity index (χ1n) is 7.90. The third-order valence-corrected chi connectivity index (χ3v) is 3.54. The van der Waals surface area contributed by atoms with E-state index >= 15 is 0 Å². The lowest BCUT2D eigenvalue weighted by atomic mass is 10.1. The summed E-state index contributed by atoms with van der Waals surface area (Å²) in [5, 5.41) is 7.82. The van der Waals surface area contributed by atoms with Crippen LogP contribution in [-0.2, 0) is 17.9 Å². The molecule has 3 amide bonds. The maximum Gasteiger partial charge on any atom is 0.315 e. The first-order valence-corrected chi connectivity index (χ1v) is 7.90. The van der Waals surface area contributed by atoms with Crippen LogP contribution in [0.5, 0.6) is 11.5 Å². The minimum Gasteiger partial charge on any atom is -0.486 e. The Hall–Kier alpha value is -3.16. The molecule has 0 fully saturated rings. The van der Waals surface area contributed by atoms with Gasteiger partial charge < -0.3 is 29.8 Å². The lowest BCUT2D eigenvalue weighted by molar-refractivity contribution is -0.120. The molecule has 25 heavy (non-hydrogen) atoms. The Morgan fingerprint density at radius 2 is 1.84 bits per heavy atom. The van der Waals surface area contributed by atoms with E-state index in [0.29, 0.717) is 37.0 Å². The number of carbonyl (C=O) groups excluding carboxylic acids is 2. The molecule has 0 unspecified atom stereocenters. The summed E-state index contributed by atoms with van der Waals surface area (Å²) in [4.78, 5) is 23.5. The standard InChI is InChI=1S/C17H19N3O5/c21-15(11-20-17(22)19-10-13-4-2-6-23-13)18-9-12-3-1-5-14-16(12)25-8-7-24-14/h1-6H,7-11H2,(H,18,21)(H2,19,20,22). The van der Waals surface area contributed by atoms with Gasteiger partial charge >= 0.3 is 6.03 Å². The van der Waals surface area contributed by atoms with Crippen LogP contribution in [-0.4, -0.2) is 31.7 Å².